The van der Waals surface area contributed by atoms with Crippen LogP contribution in [0.25, 0.3) is 5.69 Å². The quantitative estimate of drug-likeness (QED) is 0.418. The van der Waals surface area contributed by atoms with Gasteiger partial charge in [-0.15, -0.1) is 11.3 Å². The molecule has 1 aromatic carbocycles. The topological polar surface area (TPSA) is 80.6 Å². The number of aromatic nitrogens is 1. The highest BCUT2D eigenvalue weighted by atomic mass is 32.1. The lowest BCUT2D eigenvalue weighted by Crippen LogP contribution is -2.46. The number of Topliss-reactive ketones (excluding diaryl/α,β-unsaturated/α-hetero) is 1. The summed E-state index contributed by atoms with van der Waals surface area (Å²) in [5.41, 5.74) is 2.93. The first-order valence-corrected chi connectivity index (χ1v) is 12.4. The molecule has 1 fully saturated rings. The van der Waals surface area contributed by atoms with E-state index in [0.29, 0.717) is 18.6 Å². The van der Waals surface area contributed by atoms with Crippen LogP contribution in [0.2, 0.25) is 0 Å². The maximum absolute atomic E-state index is 13.5. The van der Waals surface area contributed by atoms with Gasteiger partial charge in [-0.3, -0.25) is 14.5 Å². The molecule has 3 amide bonds. The number of carbonyl (C=O) groups is 3. The largest absolute Gasteiger partial charge is 0.494 e. The van der Waals surface area contributed by atoms with Gasteiger partial charge in [0, 0.05) is 33.1 Å². The Morgan fingerprint density at radius 1 is 1.18 bits per heavy atom. The maximum atomic E-state index is 13.5. The van der Waals surface area contributed by atoms with Gasteiger partial charge in [-0.05, 0) is 81.8 Å². The fourth-order valence-corrected chi connectivity index (χ4v) is 6.21. The number of fused-ring (bicyclic) bond motifs is 2. The monoisotopic (exact) mass is 477 g/mol. The predicted molar refractivity (Wildman–Crippen MR) is 130 cm³/mol. The molecule has 1 atom stereocenters. The van der Waals surface area contributed by atoms with Gasteiger partial charge in [0.1, 0.15) is 11.3 Å². The second-order valence-corrected chi connectivity index (χ2v) is 9.81. The van der Waals surface area contributed by atoms with Crippen LogP contribution in [0.4, 0.5) is 4.79 Å². The summed E-state index contributed by atoms with van der Waals surface area (Å²) in [7, 11) is 0. The van der Waals surface area contributed by atoms with E-state index >= 15 is 0 Å². The fourth-order valence-electron chi connectivity index (χ4n) is 5.21. The minimum atomic E-state index is -1.04. The molecule has 1 aliphatic carbocycles. The SMILES string of the molecule is CCOc1ccc(-n2c(C)cc(C(=O)CN3C(=O)NC4(CCCc5sccc54)C3=O)c2C)cc1. The van der Waals surface area contributed by atoms with E-state index in [1.54, 1.807) is 11.3 Å². The second kappa shape index (κ2) is 8.43. The molecule has 7 nitrogen and oxygen atoms in total. The van der Waals surface area contributed by atoms with Gasteiger partial charge in [-0.1, -0.05) is 0 Å². The summed E-state index contributed by atoms with van der Waals surface area (Å²) in [4.78, 5) is 41.8. The second-order valence-electron chi connectivity index (χ2n) is 8.81. The molecule has 8 heteroatoms. The van der Waals surface area contributed by atoms with Crippen molar-refractivity contribution in [2.75, 3.05) is 13.2 Å². The first-order chi connectivity index (χ1) is 16.4. The van der Waals surface area contributed by atoms with Gasteiger partial charge in [0.2, 0.25) is 0 Å². The molecule has 3 aromatic rings. The van der Waals surface area contributed by atoms with E-state index in [-0.39, 0.29) is 18.2 Å². The van der Waals surface area contributed by atoms with Crippen LogP contribution in [0, 0.1) is 13.8 Å². The van der Waals surface area contributed by atoms with E-state index in [1.807, 2.05) is 67.1 Å². The average Bonchev–Trinajstić information content (AvgIpc) is 3.48. The Kier molecular flexibility index (Phi) is 5.56. The standard InChI is InChI=1S/C26H27N3O4S/c1-4-33-19-9-7-18(8-10-19)29-16(2)14-20(17(29)3)22(30)15-28-24(31)26(27-25(28)32)12-5-6-23-21(26)11-13-34-23/h7-11,13-14H,4-6,12,15H2,1-3H3,(H,27,32). The van der Waals surface area contributed by atoms with Crippen LogP contribution in [0.15, 0.2) is 41.8 Å². The number of hydrogen-bond donors (Lipinski definition) is 1. The molecule has 0 saturated carbocycles. The van der Waals surface area contributed by atoms with Crippen molar-refractivity contribution >= 4 is 29.1 Å². The zero-order chi connectivity index (χ0) is 24.0. The molecule has 1 spiro atoms. The number of urea groups is 1. The summed E-state index contributed by atoms with van der Waals surface area (Å²) in [5, 5.41) is 4.87. The third-order valence-corrected chi connectivity index (χ3v) is 7.76. The van der Waals surface area contributed by atoms with Crippen LogP contribution in [-0.4, -0.2) is 40.3 Å². The van der Waals surface area contributed by atoms with Crippen LogP contribution >= 0.6 is 11.3 Å². The molecule has 3 heterocycles. The van der Waals surface area contributed by atoms with E-state index < -0.39 is 11.6 Å². The Morgan fingerprint density at radius 2 is 1.94 bits per heavy atom. The van der Waals surface area contributed by atoms with Crippen molar-refractivity contribution in [3.8, 4) is 11.4 Å². The Labute approximate surface area is 202 Å². The van der Waals surface area contributed by atoms with Crippen LogP contribution in [-0.2, 0) is 16.8 Å². The van der Waals surface area contributed by atoms with Gasteiger partial charge in [0.15, 0.2) is 5.78 Å². The fraction of sp³-hybridized carbons (Fsp3) is 0.346. The van der Waals surface area contributed by atoms with E-state index in [2.05, 4.69) is 5.32 Å². The number of rotatable bonds is 6. The number of benzene rings is 1. The van der Waals surface area contributed by atoms with Crippen molar-refractivity contribution in [3.05, 3.63) is 69.2 Å². The van der Waals surface area contributed by atoms with E-state index in [0.717, 1.165) is 51.0 Å². The van der Waals surface area contributed by atoms with Gasteiger partial charge >= 0.3 is 6.03 Å². The molecule has 176 valence electrons. The van der Waals surface area contributed by atoms with Crippen molar-refractivity contribution in [1.82, 2.24) is 14.8 Å². The van der Waals surface area contributed by atoms with Crippen LogP contribution in [0.3, 0.4) is 0 Å². The molecule has 5 rings (SSSR count). The van der Waals surface area contributed by atoms with Crippen molar-refractivity contribution in [1.29, 1.82) is 0 Å². The highest BCUT2D eigenvalue weighted by Gasteiger charge is 2.54. The summed E-state index contributed by atoms with van der Waals surface area (Å²) in [6.45, 7) is 6.07. The summed E-state index contributed by atoms with van der Waals surface area (Å²) < 4.78 is 7.52. The minimum Gasteiger partial charge on any atom is -0.494 e. The van der Waals surface area contributed by atoms with Crippen LogP contribution < -0.4 is 10.1 Å². The zero-order valence-electron chi connectivity index (χ0n) is 19.5. The minimum absolute atomic E-state index is 0.257. The molecule has 2 aliphatic rings. The number of nitrogens with one attached hydrogen (secondary N) is 1. The maximum Gasteiger partial charge on any atom is 0.325 e. The molecule has 0 radical (unpaired) electrons. The highest BCUT2D eigenvalue weighted by molar-refractivity contribution is 7.10. The van der Waals surface area contributed by atoms with Crippen molar-refractivity contribution in [3.63, 3.8) is 0 Å². The van der Waals surface area contributed by atoms with E-state index in [9.17, 15) is 14.4 Å². The Morgan fingerprint density at radius 3 is 2.68 bits per heavy atom. The number of carbonyl (C=O) groups excluding carboxylic acids is 3. The first kappa shape index (κ1) is 22.4. The van der Waals surface area contributed by atoms with Gasteiger partial charge in [-0.25, -0.2) is 4.79 Å². The lowest BCUT2D eigenvalue weighted by atomic mass is 9.80. The lowest BCUT2D eigenvalue weighted by molar-refractivity contribution is -0.131. The zero-order valence-corrected chi connectivity index (χ0v) is 20.3. The third kappa shape index (κ3) is 3.44. The molecule has 0 bridgehead atoms. The van der Waals surface area contributed by atoms with Crippen LogP contribution in [0.5, 0.6) is 5.75 Å². The number of amides is 3. The lowest BCUT2D eigenvalue weighted by Gasteiger charge is -2.31. The molecule has 1 unspecified atom stereocenters. The number of thiophene rings is 1. The van der Waals surface area contributed by atoms with Gasteiger partial charge in [0.05, 0.1) is 13.2 Å². The van der Waals surface area contributed by atoms with Gasteiger partial charge in [-0.2, -0.15) is 0 Å². The van der Waals surface area contributed by atoms with Gasteiger partial charge in [0.25, 0.3) is 5.91 Å². The van der Waals surface area contributed by atoms with Crippen molar-refractivity contribution in [2.24, 2.45) is 0 Å². The number of hydrogen-bond acceptors (Lipinski definition) is 5. The number of aryl methyl sites for hydroxylation is 2. The number of imide groups is 1. The normalized spacial score (nSPS) is 19.4. The van der Waals surface area contributed by atoms with Gasteiger partial charge < -0.3 is 14.6 Å². The highest BCUT2D eigenvalue weighted by Crippen LogP contribution is 2.42. The van der Waals surface area contributed by atoms with E-state index in [4.69, 9.17) is 4.74 Å². The Hall–Kier alpha value is -3.39. The number of nitrogens with zero attached hydrogens (tertiary/aromatic N) is 2. The van der Waals surface area contributed by atoms with Crippen LogP contribution in [0.1, 0.15) is 52.0 Å². The molecular weight excluding hydrogens is 450 g/mol. The average molecular weight is 478 g/mol. The van der Waals surface area contributed by atoms with Crippen molar-refractivity contribution in [2.45, 2.75) is 45.6 Å². The molecule has 1 saturated heterocycles. The first-order valence-electron chi connectivity index (χ1n) is 11.5. The predicted octanol–water partition coefficient (Wildman–Crippen LogP) is 4.52. The Bertz CT molecular complexity index is 1290. The Balaban J connectivity index is 1.40. The smallest absolute Gasteiger partial charge is 0.325 e. The van der Waals surface area contributed by atoms with E-state index in [1.165, 1.54) is 0 Å². The number of ether oxygens (including phenoxy) is 1. The molecule has 2 aromatic heterocycles. The third-order valence-electron chi connectivity index (χ3n) is 6.78. The molecular formula is C26H27N3O4S. The van der Waals surface area contributed by atoms with Crippen molar-refractivity contribution < 1.29 is 19.1 Å². The molecule has 34 heavy (non-hydrogen) atoms. The summed E-state index contributed by atoms with van der Waals surface area (Å²) in [5.74, 6) is 0.201. The summed E-state index contributed by atoms with van der Waals surface area (Å²) in [6.07, 6.45) is 2.29. The summed E-state index contributed by atoms with van der Waals surface area (Å²) in [6, 6.07) is 10.9. The number of ketones is 1. The molecule has 1 N–H and O–H groups in total. The summed E-state index contributed by atoms with van der Waals surface area (Å²) >= 11 is 1.61. The molecule has 1 aliphatic heterocycles.